The van der Waals surface area contributed by atoms with Crippen LogP contribution in [0.1, 0.15) is 44.2 Å². The van der Waals surface area contributed by atoms with Gasteiger partial charge in [0.15, 0.2) is 0 Å². The fraction of sp³-hybridized carbons (Fsp3) is 0.417. The van der Waals surface area contributed by atoms with Crippen LogP contribution >= 0.6 is 11.5 Å². The molecule has 2 heterocycles. The Bertz CT molecular complexity index is 466. The molecule has 5 heteroatoms. The highest BCUT2D eigenvalue weighted by Crippen LogP contribution is 2.21. The van der Waals surface area contributed by atoms with Crippen molar-refractivity contribution in [3.8, 4) is 0 Å². The van der Waals surface area contributed by atoms with Crippen LogP contribution in [0.4, 0.5) is 5.13 Å². The molecule has 0 saturated carbocycles. The van der Waals surface area contributed by atoms with E-state index in [9.17, 15) is 0 Å². The van der Waals surface area contributed by atoms with Crippen molar-refractivity contribution in [2.45, 2.75) is 32.7 Å². The predicted molar refractivity (Wildman–Crippen MR) is 70.3 cm³/mol. The minimum Gasteiger partial charge on any atom is -0.352 e. The van der Waals surface area contributed by atoms with Crippen LogP contribution < -0.4 is 5.32 Å². The zero-order valence-corrected chi connectivity index (χ0v) is 11.0. The Morgan fingerprint density at radius 2 is 2.06 bits per heavy atom. The molecule has 0 bridgehead atoms. The molecule has 0 aromatic carbocycles. The van der Waals surface area contributed by atoms with Crippen LogP contribution in [-0.2, 0) is 0 Å². The molecule has 1 unspecified atom stereocenters. The average Bonchev–Trinajstić information content (AvgIpc) is 2.79. The van der Waals surface area contributed by atoms with E-state index >= 15 is 0 Å². The van der Waals surface area contributed by atoms with Crippen molar-refractivity contribution in [3.05, 3.63) is 35.9 Å². The predicted octanol–water partition coefficient (Wildman–Crippen LogP) is 3.23. The third-order valence-electron chi connectivity index (χ3n) is 2.43. The maximum Gasteiger partial charge on any atom is 0.203 e. The summed E-state index contributed by atoms with van der Waals surface area (Å²) >= 11 is 1.40. The standard InChI is InChI=1S/C12H16N4S/c1-8(2)11-15-12(17-16-11)14-9(3)10-6-4-5-7-13-10/h4-9H,1-3H3,(H,14,15,16). The Kier molecular flexibility index (Phi) is 3.68. The molecule has 0 amide bonds. The number of hydrogen-bond donors (Lipinski definition) is 1. The number of aromatic nitrogens is 3. The van der Waals surface area contributed by atoms with Gasteiger partial charge >= 0.3 is 0 Å². The molecule has 0 radical (unpaired) electrons. The van der Waals surface area contributed by atoms with Gasteiger partial charge in [-0.1, -0.05) is 19.9 Å². The maximum absolute atomic E-state index is 4.44. The molecule has 0 aliphatic heterocycles. The minimum absolute atomic E-state index is 0.143. The van der Waals surface area contributed by atoms with Gasteiger partial charge in [-0.3, -0.25) is 4.98 Å². The van der Waals surface area contributed by atoms with Gasteiger partial charge in [-0.2, -0.15) is 4.37 Å². The summed E-state index contributed by atoms with van der Waals surface area (Å²) in [5.41, 5.74) is 1.01. The second-order valence-corrected chi connectivity index (χ2v) is 4.98. The second kappa shape index (κ2) is 5.23. The van der Waals surface area contributed by atoms with E-state index in [-0.39, 0.29) is 6.04 Å². The van der Waals surface area contributed by atoms with E-state index in [0.717, 1.165) is 16.6 Å². The molecule has 1 atom stereocenters. The summed E-state index contributed by atoms with van der Waals surface area (Å²) in [4.78, 5) is 8.75. The van der Waals surface area contributed by atoms with Gasteiger partial charge in [0.25, 0.3) is 0 Å². The first kappa shape index (κ1) is 12.0. The van der Waals surface area contributed by atoms with E-state index in [1.165, 1.54) is 11.5 Å². The van der Waals surface area contributed by atoms with Gasteiger partial charge in [-0.25, -0.2) is 4.98 Å². The Morgan fingerprint density at radius 1 is 1.24 bits per heavy atom. The van der Waals surface area contributed by atoms with Gasteiger partial charge in [0.05, 0.1) is 11.7 Å². The van der Waals surface area contributed by atoms with E-state index in [1.807, 2.05) is 18.2 Å². The first-order valence-electron chi connectivity index (χ1n) is 5.68. The quantitative estimate of drug-likeness (QED) is 0.902. The molecule has 0 fully saturated rings. The molecule has 2 aromatic rings. The molecular weight excluding hydrogens is 232 g/mol. The van der Waals surface area contributed by atoms with Crippen LogP contribution in [-0.4, -0.2) is 14.3 Å². The van der Waals surface area contributed by atoms with Gasteiger partial charge < -0.3 is 5.32 Å². The Morgan fingerprint density at radius 3 is 2.65 bits per heavy atom. The Hall–Kier alpha value is -1.49. The summed E-state index contributed by atoms with van der Waals surface area (Å²) in [5, 5.41) is 4.17. The monoisotopic (exact) mass is 248 g/mol. The Balaban J connectivity index is 2.05. The second-order valence-electron chi connectivity index (χ2n) is 4.23. The zero-order chi connectivity index (χ0) is 12.3. The lowest BCUT2D eigenvalue weighted by molar-refractivity contribution is 0.791. The van der Waals surface area contributed by atoms with E-state index in [0.29, 0.717) is 5.92 Å². The van der Waals surface area contributed by atoms with Crippen LogP contribution in [0.5, 0.6) is 0 Å². The van der Waals surface area contributed by atoms with Crippen molar-refractivity contribution in [1.82, 2.24) is 14.3 Å². The lowest BCUT2D eigenvalue weighted by Gasteiger charge is -2.11. The van der Waals surface area contributed by atoms with Gasteiger partial charge in [-0.05, 0) is 19.1 Å². The van der Waals surface area contributed by atoms with E-state index in [4.69, 9.17) is 0 Å². The highest BCUT2D eigenvalue weighted by molar-refractivity contribution is 7.09. The van der Waals surface area contributed by atoms with Crippen molar-refractivity contribution in [2.75, 3.05) is 5.32 Å². The molecule has 2 aromatic heterocycles. The largest absolute Gasteiger partial charge is 0.352 e. The van der Waals surface area contributed by atoms with E-state index in [2.05, 4.69) is 40.4 Å². The fourth-order valence-electron chi connectivity index (χ4n) is 1.42. The summed E-state index contributed by atoms with van der Waals surface area (Å²) in [6.45, 7) is 6.25. The van der Waals surface area contributed by atoms with Gasteiger partial charge in [0.2, 0.25) is 5.13 Å². The van der Waals surface area contributed by atoms with Crippen LogP contribution in [0.15, 0.2) is 24.4 Å². The molecule has 0 aliphatic carbocycles. The highest BCUT2D eigenvalue weighted by Gasteiger charge is 2.11. The summed E-state index contributed by atoms with van der Waals surface area (Å²) in [6.07, 6.45) is 1.80. The Labute approximate surface area is 105 Å². The lowest BCUT2D eigenvalue weighted by atomic mass is 10.2. The molecule has 0 aliphatic rings. The highest BCUT2D eigenvalue weighted by atomic mass is 32.1. The smallest absolute Gasteiger partial charge is 0.203 e. The molecular formula is C12H16N4S. The first-order chi connectivity index (χ1) is 8.16. The normalized spacial score (nSPS) is 12.7. The summed E-state index contributed by atoms with van der Waals surface area (Å²) in [7, 11) is 0. The van der Waals surface area contributed by atoms with Crippen molar-refractivity contribution in [3.63, 3.8) is 0 Å². The molecule has 0 spiro atoms. The van der Waals surface area contributed by atoms with Crippen LogP contribution in [0.3, 0.4) is 0 Å². The van der Waals surface area contributed by atoms with Crippen LogP contribution in [0.25, 0.3) is 0 Å². The number of pyridine rings is 1. The summed E-state index contributed by atoms with van der Waals surface area (Å²) in [5.74, 6) is 1.26. The van der Waals surface area contributed by atoms with Crippen molar-refractivity contribution in [2.24, 2.45) is 0 Å². The zero-order valence-electron chi connectivity index (χ0n) is 10.2. The van der Waals surface area contributed by atoms with Crippen molar-refractivity contribution >= 4 is 16.7 Å². The van der Waals surface area contributed by atoms with Gasteiger partial charge in [0.1, 0.15) is 5.82 Å². The molecule has 2 rings (SSSR count). The minimum atomic E-state index is 0.143. The first-order valence-corrected chi connectivity index (χ1v) is 6.45. The number of anilines is 1. The molecule has 4 nitrogen and oxygen atoms in total. The lowest BCUT2D eigenvalue weighted by Crippen LogP contribution is -2.08. The average molecular weight is 248 g/mol. The number of nitrogens with one attached hydrogen (secondary N) is 1. The molecule has 1 N–H and O–H groups in total. The van der Waals surface area contributed by atoms with Crippen LogP contribution in [0.2, 0.25) is 0 Å². The molecule has 90 valence electrons. The number of rotatable bonds is 4. The van der Waals surface area contributed by atoms with Crippen molar-refractivity contribution in [1.29, 1.82) is 0 Å². The third-order valence-corrected chi connectivity index (χ3v) is 3.09. The topological polar surface area (TPSA) is 50.7 Å². The van der Waals surface area contributed by atoms with Crippen LogP contribution in [0, 0.1) is 0 Å². The third kappa shape index (κ3) is 3.00. The van der Waals surface area contributed by atoms with E-state index < -0.39 is 0 Å². The van der Waals surface area contributed by atoms with Crippen molar-refractivity contribution < 1.29 is 0 Å². The van der Waals surface area contributed by atoms with Gasteiger partial charge in [0, 0.05) is 23.6 Å². The summed E-state index contributed by atoms with van der Waals surface area (Å²) in [6, 6.07) is 6.05. The number of hydrogen-bond acceptors (Lipinski definition) is 5. The SMILES string of the molecule is CC(C)c1nsc(NC(C)c2ccccn2)n1. The maximum atomic E-state index is 4.44. The van der Waals surface area contributed by atoms with E-state index in [1.54, 1.807) is 6.20 Å². The molecule has 17 heavy (non-hydrogen) atoms. The molecule has 0 saturated heterocycles. The fourth-order valence-corrected chi connectivity index (χ4v) is 2.21. The number of nitrogens with zero attached hydrogens (tertiary/aromatic N) is 3. The summed E-state index contributed by atoms with van der Waals surface area (Å²) < 4.78 is 4.31. The van der Waals surface area contributed by atoms with Gasteiger partial charge in [-0.15, -0.1) is 0 Å².